The first kappa shape index (κ1) is 13.1. The molecule has 0 aliphatic carbocycles. The molecule has 1 rings (SSSR count). The number of pyridine rings is 1. The van der Waals surface area contributed by atoms with Crippen molar-refractivity contribution in [3.63, 3.8) is 0 Å². The molecule has 90 valence electrons. The van der Waals surface area contributed by atoms with Crippen LogP contribution < -0.4 is 5.32 Å². The summed E-state index contributed by atoms with van der Waals surface area (Å²) in [5.41, 5.74) is 1.15. The number of hydrogen-bond acceptors (Lipinski definition) is 3. The predicted octanol–water partition coefficient (Wildman–Crippen LogP) is 1.77. The fourth-order valence-electron chi connectivity index (χ4n) is 1.60. The Labute approximate surface area is 97.9 Å². The molecule has 3 heteroatoms. The zero-order valence-corrected chi connectivity index (χ0v) is 9.86. The van der Waals surface area contributed by atoms with Crippen LogP contribution in [0.3, 0.4) is 0 Å². The van der Waals surface area contributed by atoms with E-state index in [1.54, 1.807) is 0 Å². The maximum Gasteiger partial charge on any atom is 0.0431 e. The average molecular weight is 222 g/mol. The van der Waals surface area contributed by atoms with Crippen LogP contribution in [0.25, 0.3) is 0 Å². The van der Waals surface area contributed by atoms with Crippen molar-refractivity contribution in [1.29, 1.82) is 0 Å². The smallest absolute Gasteiger partial charge is 0.0431 e. The molecule has 2 N–H and O–H groups in total. The van der Waals surface area contributed by atoms with Gasteiger partial charge in [-0.05, 0) is 31.5 Å². The van der Waals surface area contributed by atoms with E-state index < -0.39 is 0 Å². The number of rotatable bonds is 9. The summed E-state index contributed by atoms with van der Waals surface area (Å²) in [5, 5.41) is 12.0. The Morgan fingerprint density at radius 3 is 2.69 bits per heavy atom. The lowest BCUT2D eigenvalue weighted by Crippen LogP contribution is -2.18. The Morgan fingerprint density at radius 1 is 1.06 bits per heavy atom. The summed E-state index contributed by atoms with van der Waals surface area (Å²) >= 11 is 0. The van der Waals surface area contributed by atoms with E-state index >= 15 is 0 Å². The maximum absolute atomic E-state index is 8.61. The minimum atomic E-state index is 0.326. The van der Waals surface area contributed by atoms with Crippen molar-refractivity contribution >= 4 is 0 Å². The molecular weight excluding hydrogens is 200 g/mol. The van der Waals surface area contributed by atoms with E-state index in [0.717, 1.165) is 38.0 Å². The summed E-state index contributed by atoms with van der Waals surface area (Å²) in [7, 11) is 0. The predicted molar refractivity (Wildman–Crippen MR) is 66.4 cm³/mol. The lowest BCUT2D eigenvalue weighted by molar-refractivity contribution is 0.282. The van der Waals surface area contributed by atoms with E-state index in [-0.39, 0.29) is 0 Å². The normalized spacial score (nSPS) is 10.6. The molecule has 0 saturated heterocycles. The number of aliphatic hydroxyl groups excluding tert-OH is 1. The van der Waals surface area contributed by atoms with Gasteiger partial charge in [0.25, 0.3) is 0 Å². The largest absolute Gasteiger partial charge is 0.396 e. The first-order valence-electron chi connectivity index (χ1n) is 6.15. The van der Waals surface area contributed by atoms with Gasteiger partial charge >= 0.3 is 0 Å². The van der Waals surface area contributed by atoms with Crippen LogP contribution >= 0.6 is 0 Å². The lowest BCUT2D eigenvalue weighted by atomic mass is 10.2. The SMILES string of the molecule is OCCCCCCNCCc1ccccn1. The van der Waals surface area contributed by atoms with Crippen molar-refractivity contribution < 1.29 is 5.11 Å². The second-order valence-electron chi connectivity index (χ2n) is 3.96. The van der Waals surface area contributed by atoms with E-state index in [0.29, 0.717) is 6.61 Å². The molecule has 0 saturated carbocycles. The molecule has 0 bridgehead atoms. The van der Waals surface area contributed by atoms with E-state index in [4.69, 9.17) is 5.11 Å². The molecule has 0 spiro atoms. The van der Waals surface area contributed by atoms with Crippen molar-refractivity contribution in [1.82, 2.24) is 10.3 Å². The molecule has 0 atom stereocenters. The quantitative estimate of drug-likeness (QED) is 0.626. The fraction of sp³-hybridized carbons (Fsp3) is 0.615. The van der Waals surface area contributed by atoms with Crippen LogP contribution in [0.5, 0.6) is 0 Å². The molecule has 0 radical (unpaired) electrons. The molecule has 0 unspecified atom stereocenters. The van der Waals surface area contributed by atoms with Crippen LogP contribution in [0.2, 0.25) is 0 Å². The Bertz CT molecular complexity index is 251. The van der Waals surface area contributed by atoms with Crippen LogP contribution in [-0.2, 0) is 6.42 Å². The van der Waals surface area contributed by atoms with Crippen LogP contribution in [0.1, 0.15) is 31.4 Å². The molecule has 1 aromatic rings. The van der Waals surface area contributed by atoms with E-state index in [1.165, 1.54) is 12.8 Å². The minimum Gasteiger partial charge on any atom is -0.396 e. The summed E-state index contributed by atoms with van der Waals surface area (Å²) in [6.07, 6.45) is 7.31. The van der Waals surface area contributed by atoms with Gasteiger partial charge in [0.05, 0.1) is 0 Å². The summed E-state index contributed by atoms with van der Waals surface area (Å²) in [6, 6.07) is 6.03. The van der Waals surface area contributed by atoms with Gasteiger partial charge in [-0.3, -0.25) is 4.98 Å². The number of unbranched alkanes of at least 4 members (excludes halogenated alkanes) is 3. The Balaban J connectivity index is 1.89. The molecule has 0 fully saturated rings. The molecule has 0 amide bonds. The van der Waals surface area contributed by atoms with Crippen molar-refractivity contribution in [2.45, 2.75) is 32.1 Å². The maximum atomic E-state index is 8.61. The van der Waals surface area contributed by atoms with E-state index in [1.807, 2.05) is 18.3 Å². The highest BCUT2D eigenvalue weighted by atomic mass is 16.2. The first-order chi connectivity index (χ1) is 7.93. The summed E-state index contributed by atoms with van der Waals surface area (Å²) < 4.78 is 0. The molecule has 0 aromatic carbocycles. The molecule has 16 heavy (non-hydrogen) atoms. The van der Waals surface area contributed by atoms with Gasteiger partial charge < -0.3 is 10.4 Å². The average Bonchev–Trinajstić information content (AvgIpc) is 2.34. The lowest BCUT2D eigenvalue weighted by Gasteiger charge is -2.04. The third kappa shape index (κ3) is 6.53. The van der Waals surface area contributed by atoms with Crippen molar-refractivity contribution in [3.05, 3.63) is 30.1 Å². The Kier molecular flexibility index (Phi) is 7.64. The molecular formula is C13H22N2O. The van der Waals surface area contributed by atoms with Gasteiger partial charge in [-0.1, -0.05) is 18.9 Å². The Hall–Kier alpha value is -0.930. The number of hydrogen-bond donors (Lipinski definition) is 2. The van der Waals surface area contributed by atoms with E-state index in [9.17, 15) is 0 Å². The number of nitrogens with zero attached hydrogens (tertiary/aromatic N) is 1. The molecule has 3 nitrogen and oxygen atoms in total. The van der Waals surface area contributed by atoms with Crippen molar-refractivity contribution in [2.24, 2.45) is 0 Å². The number of nitrogens with one attached hydrogen (secondary N) is 1. The monoisotopic (exact) mass is 222 g/mol. The van der Waals surface area contributed by atoms with Crippen LogP contribution in [0.4, 0.5) is 0 Å². The highest BCUT2D eigenvalue weighted by Crippen LogP contribution is 1.98. The van der Waals surface area contributed by atoms with E-state index in [2.05, 4.69) is 16.4 Å². The van der Waals surface area contributed by atoms with Gasteiger partial charge in [0.15, 0.2) is 0 Å². The molecule has 0 aliphatic rings. The summed E-state index contributed by atoms with van der Waals surface area (Å²) in [5.74, 6) is 0. The number of aliphatic hydroxyl groups is 1. The molecule has 1 aromatic heterocycles. The fourth-order valence-corrected chi connectivity index (χ4v) is 1.60. The zero-order chi connectivity index (χ0) is 11.5. The van der Waals surface area contributed by atoms with Gasteiger partial charge in [0.1, 0.15) is 0 Å². The minimum absolute atomic E-state index is 0.326. The summed E-state index contributed by atoms with van der Waals surface area (Å²) in [4.78, 5) is 4.27. The number of aromatic nitrogens is 1. The highest BCUT2D eigenvalue weighted by molar-refractivity contribution is 5.03. The van der Waals surface area contributed by atoms with Crippen LogP contribution in [0.15, 0.2) is 24.4 Å². The second kappa shape index (κ2) is 9.31. The summed E-state index contributed by atoms with van der Waals surface area (Å²) in [6.45, 7) is 2.39. The third-order valence-corrected chi connectivity index (χ3v) is 2.55. The van der Waals surface area contributed by atoms with Crippen molar-refractivity contribution in [3.8, 4) is 0 Å². The molecule has 1 heterocycles. The zero-order valence-electron chi connectivity index (χ0n) is 9.86. The third-order valence-electron chi connectivity index (χ3n) is 2.55. The topological polar surface area (TPSA) is 45.1 Å². The van der Waals surface area contributed by atoms with Crippen LogP contribution in [-0.4, -0.2) is 29.8 Å². The standard InChI is InChI=1S/C13H22N2O/c16-12-6-2-1-4-9-14-11-8-13-7-3-5-10-15-13/h3,5,7,10,14,16H,1-2,4,6,8-9,11-12H2. The molecule has 0 aliphatic heterocycles. The first-order valence-corrected chi connectivity index (χ1v) is 6.15. The van der Waals surface area contributed by atoms with Gasteiger partial charge in [-0.2, -0.15) is 0 Å². The second-order valence-corrected chi connectivity index (χ2v) is 3.96. The van der Waals surface area contributed by atoms with Gasteiger partial charge in [-0.25, -0.2) is 0 Å². The van der Waals surface area contributed by atoms with Gasteiger partial charge in [0.2, 0.25) is 0 Å². The van der Waals surface area contributed by atoms with Gasteiger partial charge in [-0.15, -0.1) is 0 Å². The van der Waals surface area contributed by atoms with Gasteiger partial charge in [0, 0.05) is 31.5 Å². The highest BCUT2D eigenvalue weighted by Gasteiger charge is 1.93. The van der Waals surface area contributed by atoms with Crippen molar-refractivity contribution in [2.75, 3.05) is 19.7 Å². The van der Waals surface area contributed by atoms with Crippen LogP contribution in [0, 0.1) is 0 Å². The Morgan fingerprint density at radius 2 is 1.94 bits per heavy atom.